The van der Waals surface area contributed by atoms with Gasteiger partial charge in [0.2, 0.25) is 0 Å². The van der Waals surface area contributed by atoms with E-state index in [0.29, 0.717) is 5.56 Å². The minimum Gasteiger partial charge on any atom is -0.394 e. The summed E-state index contributed by atoms with van der Waals surface area (Å²) in [6.45, 7) is 3.15. The second-order valence-electron chi connectivity index (χ2n) is 8.95. The number of aromatic amines is 1. The molecule has 0 radical (unpaired) electrons. The number of aromatic nitrogens is 2. The molecular weight excluding hydrogens is 440 g/mol. The van der Waals surface area contributed by atoms with Crippen molar-refractivity contribution in [3.63, 3.8) is 0 Å². The first kappa shape index (κ1) is 22.7. The van der Waals surface area contributed by atoms with Crippen LogP contribution >= 0.6 is 0 Å². The molecule has 3 heterocycles. The van der Waals surface area contributed by atoms with E-state index in [9.17, 15) is 19.8 Å². The maximum Gasteiger partial charge on any atom is 0.330 e. The van der Waals surface area contributed by atoms with E-state index in [2.05, 4.69) is 4.98 Å². The fraction of sp³-hybridized carbons (Fsp3) is 0.360. The van der Waals surface area contributed by atoms with Gasteiger partial charge in [0, 0.05) is 6.20 Å². The van der Waals surface area contributed by atoms with Crippen molar-refractivity contribution in [3.05, 3.63) is 92.8 Å². The molecule has 9 heteroatoms. The average Bonchev–Trinajstić information content (AvgIpc) is 3.32. The summed E-state index contributed by atoms with van der Waals surface area (Å²) in [4.78, 5) is 27.5. The fourth-order valence-corrected chi connectivity index (χ4v) is 4.58. The van der Waals surface area contributed by atoms with Crippen molar-refractivity contribution in [2.75, 3.05) is 6.61 Å². The maximum atomic E-state index is 12.7. The first-order valence-corrected chi connectivity index (χ1v) is 11.1. The number of aliphatic hydroxyl groups is 2. The molecule has 34 heavy (non-hydrogen) atoms. The Morgan fingerprint density at radius 1 is 1.00 bits per heavy atom. The molecule has 2 aliphatic rings. The maximum absolute atomic E-state index is 12.7. The molecule has 1 aromatic heterocycles. The van der Waals surface area contributed by atoms with E-state index in [-0.39, 0.29) is 12.2 Å². The minimum absolute atomic E-state index is 0.0159. The van der Waals surface area contributed by atoms with Gasteiger partial charge in [0.15, 0.2) is 12.0 Å². The molecule has 5 atom stereocenters. The zero-order valence-electron chi connectivity index (χ0n) is 18.8. The van der Waals surface area contributed by atoms with Gasteiger partial charge >= 0.3 is 5.69 Å². The average molecular weight is 466 g/mol. The Morgan fingerprint density at radius 3 is 2.32 bits per heavy atom. The van der Waals surface area contributed by atoms with Gasteiger partial charge in [-0.05, 0) is 30.5 Å². The molecule has 9 nitrogen and oxygen atoms in total. The molecule has 2 saturated heterocycles. The first-order chi connectivity index (χ1) is 16.3. The van der Waals surface area contributed by atoms with Crippen molar-refractivity contribution < 1.29 is 24.4 Å². The van der Waals surface area contributed by atoms with E-state index in [1.807, 2.05) is 42.5 Å². The van der Waals surface area contributed by atoms with E-state index in [0.717, 1.165) is 11.1 Å². The van der Waals surface area contributed by atoms with Crippen LogP contribution in [0.15, 0.2) is 70.4 Å². The lowest BCUT2D eigenvalue weighted by atomic mass is 9.99. The third-order valence-electron chi connectivity index (χ3n) is 6.20. The van der Waals surface area contributed by atoms with Crippen molar-refractivity contribution in [1.29, 1.82) is 0 Å². The van der Waals surface area contributed by atoms with Crippen LogP contribution in [0.4, 0.5) is 0 Å². The second-order valence-corrected chi connectivity index (χ2v) is 8.95. The van der Waals surface area contributed by atoms with Crippen LogP contribution < -0.4 is 11.2 Å². The monoisotopic (exact) mass is 466 g/mol. The highest BCUT2D eigenvalue weighted by molar-refractivity contribution is 5.63. The van der Waals surface area contributed by atoms with E-state index < -0.39 is 47.7 Å². The number of fused-ring (bicyclic) bond motifs is 1. The number of ether oxygens (including phenoxy) is 3. The summed E-state index contributed by atoms with van der Waals surface area (Å²) in [5, 5.41) is 20.7. The van der Waals surface area contributed by atoms with Crippen molar-refractivity contribution in [2.24, 2.45) is 0 Å². The summed E-state index contributed by atoms with van der Waals surface area (Å²) in [6.07, 6.45) is -2.89. The SMILES string of the molecule is CC1(C)O[C@@H]2[C@H](O1)[C@@H](CO)O[C@H]2n1cc(C(O)c2ccc(-c3ccccc3)cc2)c(=O)[nH]c1=O. The van der Waals surface area contributed by atoms with Gasteiger partial charge in [0.1, 0.15) is 24.4 Å². The highest BCUT2D eigenvalue weighted by Crippen LogP contribution is 2.42. The Bertz CT molecular complexity index is 1280. The van der Waals surface area contributed by atoms with Gasteiger partial charge in [-0.25, -0.2) is 4.79 Å². The highest BCUT2D eigenvalue weighted by atomic mass is 16.8. The predicted octanol–water partition coefficient (Wildman–Crippen LogP) is 1.70. The molecule has 0 saturated carbocycles. The predicted molar refractivity (Wildman–Crippen MR) is 122 cm³/mol. The summed E-state index contributed by atoms with van der Waals surface area (Å²) < 4.78 is 18.8. The van der Waals surface area contributed by atoms with E-state index in [1.165, 1.54) is 10.8 Å². The second kappa shape index (κ2) is 8.61. The van der Waals surface area contributed by atoms with E-state index in [4.69, 9.17) is 14.2 Å². The Balaban J connectivity index is 1.47. The minimum atomic E-state index is -1.27. The lowest BCUT2D eigenvalue weighted by Crippen LogP contribution is -2.39. The van der Waals surface area contributed by atoms with Gasteiger partial charge in [-0.1, -0.05) is 54.6 Å². The first-order valence-electron chi connectivity index (χ1n) is 11.1. The molecule has 3 aromatic rings. The molecule has 0 aliphatic carbocycles. The summed E-state index contributed by atoms with van der Waals surface area (Å²) in [5.41, 5.74) is 1.07. The number of benzene rings is 2. The summed E-state index contributed by atoms with van der Waals surface area (Å²) in [7, 11) is 0. The smallest absolute Gasteiger partial charge is 0.330 e. The lowest BCUT2D eigenvalue weighted by Gasteiger charge is -2.24. The topological polar surface area (TPSA) is 123 Å². The van der Waals surface area contributed by atoms with Crippen molar-refractivity contribution in [3.8, 4) is 11.1 Å². The Labute approximate surface area is 195 Å². The van der Waals surface area contributed by atoms with Crippen LogP contribution in [-0.4, -0.2) is 50.5 Å². The van der Waals surface area contributed by atoms with E-state index >= 15 is 0 Å². The number of rotatable bonds is 5. The van der Waals surface area contributed by atoms with Gasteiger partial charge in [-0.15, -0.1) is 0 Å². The van der Waals surface area contributed by atoms with Crippen molar-refractivity contribution in [1.82, 2.24) is 9.55 Å². The van der Waals surface area contributed by atoms with Gasteiger partial charge in [-0.3, -0.25) is 14.3 Å². The Kier molecular flexibility index (Phi) is 5.75. The zero-order chi connectivity index (χ0) is 24.0. The van der Waals surface area contributed by atoms with Crippen LogP contribution in [0.1, 0.15) is 37.3 Å². The number of hydrogen-bond acceptors (Lipinski definition) is 7. The van der Waals surface area contributed by atoms with Gasteiger partial charge in [-0.2, -0.15) is 0 Å². The number of nitrogens with one attached hydrogen (secondary N) is 1. The molecule has 0 bridgehead atoms. The Hall–Kier alpha value is -3.08. The Morgan fingerprint density at radius 2 is 1.65 bits per heavy atom. The molecule has 3 N–H and O–H groups in total. The molecule has 1 unspecified atom stereocenters. The van der Waals surface area contributed by atoms with Gasteiger partial charge < -0.3 is 24.4 Å². The molecule has 2 aromatic carbocycles. The van der Waals surface area contributed by atoms with Crippen LogP contribution in [-0.2, 0) is 14.2 Å². The van der Waals surface area contributed by atoms with Crippen LogP contribution in [0.25, 0.3) is 11.1 Å². The lowest BCUT2D eigenvalue weighted by molar-refractivity contribution is -0.200. The normalized spacial score (nSPS) is 26.4. The molecule has 5 rings (SSSR count). The van der Waals surface area contributed by atoms with Crippen LogP contribution in [0, 0.1) is 0 Å². The van der Waals surface area contributed by atoms with Crippen LogP contribution in [0.5, 0.6) is 0 Å². The molecule has 178 valence electrons. The van der Waals surface area contributed by atoms with Crippen molar-refractivity contribution in [2.45, 2.75) is 50.3 Å². The van der Waals surface area contributed by atoms with Crippen LogP contribution in [0.2, 0.25) is 0 Å². The molecule has 0 amide bonds. The van der Waals surface area contributed by atoms with Crippen molar-refractivity contribution >= 4 is 0 Å². The molecule has 2 fully saturated rings. The summed E-state index contributed by atoms with van der Waals surface area (Å²) in [6, 6.07) is 17.0. The highest BCUT2D eigenvalue weighted by Gasteiger charge is 2.56. The number of hydrogen-bond donors (Lipinski definition) is 3. The quantitative estimate of drug-likeness (QED) is 0.523. The fourth-order valence-electron chi connectivity index (χ4n) is 4.58. The summed E-state index contributed by atoms with van der Waals surface area (Å²) >= 11 is 0. The third-order valence-corrected chi connectivity index (χ3v) is 6.20. The number of H-pyrrole nitrogens is 1. The van der Waals surface area contributed by atoms with Crippen LogP contribution in [0.3, 0.4) is 0 Å². The largest absolute Gasteiger partial charge is 0.394 e. The third kappa shape index (κ3) is 4.02. The van der Waals surface area contributed by atoms with E-state index in [1.54, 1.807) is 26.0 Å². The number of aliphatic hydroxyl groups excluding tert-OH is 2. The standard InChI is InChI=1S/C25H26N2O7/c1-25(2)33-20-18(13-28)32-23(21(20)34-25)27-12-17(22(30)26-24(27)31)19(29)16-10-8-15(9-11-16)14-6-4-3-5-7-14/h3-12,18-21,23,28-29H,13H2,1-2H3,(H,26,30,31)/t18-,19?,20-,21-,23-/m1/s1. The van der Waals surface area contributed by atoms with Gasteiger partial charge in [0.25, 0.3) is 5.56 Å². The molecule has 0 spiro atoms. The summed E-state index contributed by atoms with van der Waals surface area (Å²) in [5.74, 6) is -0.917. The zero-order valence-corrected chi connectivity index (χ0v) is 18.8. The number of nitrogens with zero attached hydrogens (tertiary/aromatic N) is 1. The molecule has 2 aliphatic heterocycles. The molecular formula is C25H26N2O7. The van der Waals surface area contributed by atoms with Gasteiger partial charge in [0.05, 0.1) is 12.2 Å².